The molecule has 3 aromatic rings. The molecule has 8 nitrogen and oxygen atoms in total. The topological polar surface area (TPSA) is 156 Å². The molecule has 0 aliphatic carbocycles. The lowest BCUT2D eigenvalue weighted by molar-refractivity contribution is 0.458. The Morgan fingerprint density at radius 3 is 1.26 bits per heavy atom. The van der Waals surface area contributed by atoms with E-state index < -0.39 is 41.0 Å². The minimum absolute atomic E-state index is 0.129. The fraction of sp³-hybridized carbons (Fsp3) is 0. The summed E-state index contributed by atoms with van der Waals surface area (Å²) in [5.74, 6) is -1.09. The van der Waals surface area contributed by atoms with E-state index in [2.05, 4.69) is 0 Å². The Balaban J connectivity index is 2.08. The molecule has 3 aromatic carbocycles. The van der Waals surface area contributed by atoms with Gasteiger partial charge in [-0.15, -0.1) is 0 Å². The third-order valence-corrected chi connectivity index (χ3v) is 8.02. The van der Waals surface area contributed by atoms with Crippen molar-refractivity contribution in [2.75, 3.05) is 0 Å². The number of phenolic OH excluding ortho intramolecular Hbond substituents is 2. The van der Waals surface area contributed by atoms with Gasteiger partial charge in [-0.05, 0) is 48.6 Å². The number of aromatic hydroxyl groups is 2. The summed E-state index contributed by atoms with van der Waals surface area (Å²) in [4.78, 5) is -1.62. The van der Waals surface area contributed by atoms with Crippen molar-refractivity contribution in [3.63, 3.8) is 0 Å². The van der Waals surface area contributed by atoms with E-state index in [4.69, 9.17) is 0 Å². The second-order valence-electron chi connectivity index (χ2n) is 6.84. The molecule has 0 saturated heterocycles. The van der Waals surface area contributed by atoms with Crippen molar-refractivity contribution in [1.29, 1.82) is 10.5 Å². The summed E-state index contributed by atoms with van der Waals surface area (Å²) in [5, 5.41) is 39.5. The Morgan fingerprint density at radius 2 is 0.971 bits per heavy atom. The van der Waals surface area contributed by atoms with Gasteiger partial charge in [-0.1, -0.05) is 36.4 Å². The molecule has 0 unspecified atom stereocenters. The van der Waals surface area contributed by atoms with Crippen LogP contribution in [0.15, 0.2) is 92.4 Å². The first-order valence-electron chi connectivity index (χ1n) is 9.51. The highest BCUT2D eigenvalue weighted by molar-refractivity contribution is 7.96. The summed E-state index contributed by atoms with van der Waals surface area (Å²) >= 11 is 0. The molecule has 0 bridgehead atoms. The van der Waals surface area contributed by atoms with Crippen LogP contribution in [-0.4, -0.2) is 27.0 Å². The van der Waals surface area contributed by atoms with Crippen LogP contribution in [0.25, 0.3) is 12.2 Å². The summed E-state index contributed by atoms with van der Waals surface area (Å²) in [6.07, 6.45) is 1.77. The van der Waals surface area contributed by atoms with Crippen molar-refractivity contribution in [2.24, 2.45) is 0 Å². The predicted molar refractivity (Wildman–Crippen MR) is 124 cm³/mol. The first-order chi connectivity index (χ1) is 16.1. The Kier molecular flexibility index (Phi) is 6.87. The van der Waals surface area contributed by atoms with Gasteiger partial charge in [-0.25, -0.2) is 16.8 Å². The van der Waals surface area contributed by atoms with E-state index >= 15 is 0 Å². The number of nitrogens with zero attached hydrogens (tertiary/aromatic N) is 2. The molecule has 10 heteroatoms. The summed E-state index contributed by atoms with van der Waals surface area (Å²) in [6.45, 7) is 0. The van der Waals surface area contributed by atoms with Crippen LogP contribution in [0.1, 0.15) is 11.1 Å². The maximum Gasteiger partial charge on any atom is 0.216 e. The third-order valence-electron chi connectivity index (χ3n) is 4.66. The zero-order valence-electron chi connectivity index (χ0n) is 17.3. The lowest BCUT2D eigenvalue weighted by Crippen LogP contribution is -2.03. The molecule has 0 saturated carbocycles. The molecule has 34 heavy (non-hydrogen) atoms. The van der Waals surface area contributed by atoms with Gasteiger partial charge in [-0.2, -0.15) is 10.5 Å². The Morgan fingerprint density at radius 1 is 0.647 bits per heavy atom. The van der Waals surface area contributed by atoms with Crippen LogP contribution in [0, 0.1) is 22.7 Å². The third kappa shape index (κ3) is 4.84. The molecule has 0 aromatic heterocycles. The van der Waals surface area contributed by atoms with Gasteiger partial charge in [0.05, 0.1) is 9.79 Å². The van der Waals surface area contributed by atoms with Crippen LogP contribution in [-0.2, 0) is 19.7 Å². The highest BCUT2D eigenvalue weighted by Crippen LogP contribution is 2.33. The monoisotopic (exact) mass is 492 g/mol. The average Bonchev–Trinajstić information content (AvgIpc) is 2.84. The van der Waals surface area contributed by atoms with Gasteiger partial charge in [0.25, 0.3) is 0 Å². The Hall–Kier alpha value is -4.38. The maximum atomic E-state index is 12.7. The summed E-state index contributed by atoms with van der Waals surface area (Å²) in [6, 6.07) is 19.5. The molecule has 0 amide bonds. The lowest BCUT2D eigenvalue weighted by Gasteiger charge is -2.08. The van der Waals surface area contributed by atoms with E-state index in [-0.39, 0.29) is 20.9 Å². The zero-order chi connectivity index (χ0) is 24.9. The zero-order valence-corrected chi connectivity index (χ0v) is 19.0. The van der Waals surface area contributed by atoms with Crippen LogP contribution in [0.3, 0.4) is 0 Å². The van der Waals surface area contributed by atoms with Crippen molar-refractivity contribution in [2.45, 2.75) is 9.79 Å². The van der Waals surface area contributed by atoms with Gasteiger partial charge in [0.1, 0.15) is 33.4 Å². The van der Waals surface area contributed by atoms with E-state index in [0.717, 1.165) is 24.3 Å². The summed E-state index contributed by atoms with van der Waals surface area (Å²) < 4.78 is 50.9. The molecular formula is C24H16N2O6S2. The lowest BCUT2D eigenvalue weighted by atomic mass is 10.1. The average molecular weight is 493 g/mol. The molecule has 0 aliphatic heterocycles. The SMILES string of the molecule is N#C/C(=C\c1cc(O)c(/C=C(\C#N)S(=O)(=O)c2ccccc2)cc1O)S(=O)(=O)c1ccccc1. The first kappa shape index (κ1) is 24.3. The van der Waals surface area contributed by atoms with E-state index in [1.807, 2.05) is 0 Å². The van der Waals surface area contributed by atoms with Crippen molar-refractivity contribution in [3.8, 4) is 23.6 Å². The molecule has 2 N–H and O–H groups in total. The molecule has 0 fully saturated rings. The van der Waals surface area contributed by atoms with E-state index in [0.29, 0.717) is 0 Å². The minimum Gasteiger partial charge on any atom is -0.507 e. The van der Waals surface area contributed by atoms with Crippen LogP contribution in [0.5, 0.6) is 11.5 Å². The standard InChI is InChI=1S/C24H16N2O6S2/c25-15-21(33(29,30)19-7-3-1-4-8-19)11-17-13-24(28)18(14-23(17)27)12-22(16-26)34(31,32)20-9-5-2-6-10-20/h1-14,27-28H/b21-11+,22-12+. The number of nitriles is 2. The number of benzene rings is 3. The molecule has 3 rings (SSSR count). The normalized spacial score (nSPS) is 12.5. The summed E-state index contributed by atoms with van der Waals surface area (Å²) in [5.41, 5.74) is -0.398. The molecular weight excluding hydrogens is 476 g/mol. The van der Waals surface area contributed by atoms with Crippen LogP contribution < -0.4 is 0 Å². The second kappa shape index (κ2) is 9.63. The molecule has 0 aliphatic rings. The highest BCUT2D eigenvalue weighted by Gasteiger charge is 2.23. The smallest absolute Gasteiger partial charge is 0.216 e. The van der Waals surface area contributed by atoms with E-state index in [1.165, 1.54) is 48.5 Å². The molecule has 170 valence electrons. The number of hydrogen-bond donors (Lipinski definition) is 2. The Bertz CT molecular complexity index is 1470. The van der Waals surface area contributed by atoms with Gasteiger partial charge in [-0.3, -0.25) is 0 Å². The van der Waals surface area contributed by atoms with Crippen molar-refractivity contribution >= 4 is 31.8 Å². The molecule has 0 heterocycles. The van der Waals surface area contributed by atoms with Gasteiger partial charge in [0, 0.05) is 11.1 Å². The maximum absolute atomic E-state index is 12.7. The molecule has 0 spiro atoms. The number of rotatable bonds is 6. The van der Waals surface area contributed by atoms with Gasteiger partial charge in [0.15, 0.2) is 0 Å². The number of sulfone groups is 2. The van der Waals surface area contributed by atoms with E-state index in [9.17, 15) is 37.6 Å². The molecule has 0 radical (unpaired) electrons. The molecule has 0 atom stereocenters. The number of hydrogen-bond acceptors (Lipinski definition) is 8. The van der Waals surface area contributed by atoms with Crippen LogP contribution in [0.2, 0.25) is 0 Å². The number of phenols is 2. The fourth-order valence-corrected chi connectivity index (χ4v) is 5.26. The van der Waals surface area contributed by atoms with Gasteiger partial charge in [0.2, 0.25) is 19.7 Å². The van der Waals surface area contributed by atoms with Crippen molar-refractivity contribution < 1.29 is 27.0 Å². The van der Waals surface area contributed by atoms with Crippen molar-refractivity contribution in [3.05, 3.63) is 93.7 Å². The van der Waals surface area contributed by atoms with Crippen LogP contribution >= 0.6 is 0 Å². The Labute approximate surface area is 196 Å². The van der Waals surface area contributed by atoms with Crippen LogP contribution in [0.4, 0.5) is 0 Å². The van der Waals surface area contributed by atoms with E-state index in [1.54, 1.807) is 24.3 Å². The van der Waals surface area contributed by atoms with Gasteiger partial charge < -0.3 is 10.2 Å². The fourth-order valence-electron chi connectivity index (χ4n) is 2.92. The second-order valence-corrected chi connectivity index (χ2v) is 10.7. The van der Waals surface area contributed by atoms with Crippen molar-refractivity contribution in [1.82, 2.24) is 0 Å². The summed E-state index contributed by atoms with van der Waals surface area (Å²) in [7, 11) is -8.38. The largest absolute Gasteiger partial charge is 0.507 e. The minimum atomic E-state index is -4.19. The first-order valence-corrected chi connectivity index (χ1v) is 12.5. The number of allylic oxidation sites excluding steroid dienone is 2. The quantitative estimate of drug-likeness (QED) is 0.389. The highest BCUT2D eigenvalue weighted by atomic mass is 32.2. The van der Waals surface area contributed by atoms with Gasteiger partial charge >= 0.3 is 0 Å². The predicted octanol–water partition coefficient (Wildman–Crippen LogP) is 3.77.